The van der Waals surface area contributed by atoms with Crippen LogP contribution in [0, 0.1) is 9.39 Å². The van der Waals surface area contributed by atoms with Gasteiger partial charge in [-0.2, -0.15) is 0 Å². The van der Waals surface area contributed by atoms with Crippen LogP contribution in [0.2, 0.25) is 5.02 Å². The number of benzene rings is 2. The first-order valence-corrected chi connectivity index (χ1v) is 7.19. The van der Waals surface area contributed by atoms with Crippen LogP contribution in [-0.4, -0.2) is 0 Å². The van der Waals surface area contributed by atoms with Crippen molar-refractivity contribution in [2.24, 2.45) is 0 Å². The highest BCUT2D eigenvalue weighted by atomic mass is 127. The van der Waals surface area contributed by atoms with Gasteiger partial charge in [-0.3, -0.25) is 0 Å². The molecule has 6 heteroatoms. The number of halogens is 4. The Morgan fingerprint density at radius 1 is 1.28 bits per heavy atom. The average molecular weight is 441 g/mol. The molecule has 0 aliphatic rings. The standard InChI is InChI=1S/C12H8BrClFIN2/c13-8-3-6(15)4-9(14)12(8)18-11-2-1-7(17)5-10(11)16/h1-5,18H,17H2. The van der Waals surface area contributed by atoms with Gasteiger partial charge in [0, 0.05) is 13.7 Å². The van der Waals surface area contributed by atoms with Crippen molar-refractivity contribution >= 4 is 67.2 Å². The zero-order chi connectivity index (χ0) is 13.3. The maximum atomic E-state index is 13.1. The van der Waals surface area contributed by atoms with E-state index >= 15 is 0 Å². The molecule has 0 aliphatic heterocycles. The third kappa shape index (κ3) is 3.07. The van der Waals surface area contributed by atoms with Crippen molar-refractivity contribution < 1.29 is 4.39 Å². The molecule has 18 heavy (non-hydrogen) atoms. The van der Waals surface area contributed by atoms with Gasteiger partial charge >= 0.3 is 0 Å². The molecule has 94 valence electrons. The quantitative estimate of drug-likeness (QED) is 0.498. The monoisotopic (exact) mass is 440 g/mol. The molecule has 0 saturated carbocycles. The highest BCUT2D eigenvalue weighted by molar-refractivity contribution is 14.1. The molecule has 3 N–H and O–H groups in total. The van der Waals surface area contributed by atoms with E-state index < -0.39 is 0 Å². The van der Waals surface area contributed by atoms with Crippen LogP contribution < -0.4 is 11.1 Å². The Bertz CT molecular complexity index is 584. The maximum absolute atomic E-state index is 13.1. The largest absolute Gasteiger partial charge is 0.399 e. The van der Waals surface area contributed by atoms with E-state index in [1.165, 1.54) is 12.1 Å². The van der Waals surface area contributed by atoms with Gasteiger partial charge in [0.1, 0.15) is 5.82 Å². The molecule has 0 saturated heterocycles. The van der Waals surface area contributed by atoms with Gasteiger partial charge in [-0.1, -0.05) is 11.6 Å². The summed E-state index contributed by atoms with van der Waals surface area (Å²) in [6, 6.07) is 8.10. The predicted molar refractivity (Wildman–Crippen MR) is 86.0 cm³/mol. The van der Waals surface area contributed by atoms with Gasteiger partial charge < -0.3 is 11.1 Å². The number of rotatable bonds is 2. The molecule has 2 aromatic rings. The van der Waals surface area contributed by atoms with Gasteiger partial charge in [0.15, 0.2) is 0 Å². The van der Waals surface area contributed by atoms with Crippen LogP contribution in [0.4, 0.5) is 21.5 Å². The molecule has 0 atom stereocenters. The fourth-order valence-electron chi connectivity index (χ4n) is 1.43. The second-order valence-corrected chi connectivity index (χ2v) is 6.03. The Morgan fingerprint density at radius 3 is 2.61 bits per heavy atom. The molecule has 0 aromatic heterocycles. The molecular formula is C12H8BrClFIN2. The second-order valence-electron chi connectivity index (χ2n) is 3.61. The zero-order valence-corrected chi connectivity index (χ0v) is 13.5. The number of hydrogen-bond acceptors (Lipinski definition) is 2. The number of anilines is 3. The van der Waals surface area contributed by atoms with E-state index in [4.69, 9.17) is 17.3 Å². The molecule has 2 aromatic carbocycles. The summed E-state index contributed by atoms with van der Waals surface area (Å²) in [6.07, 6.45) is 0. The Kier molecular flexibility index (Phi) is 4.34. The Labute approximate surface area is 131 Å². The average Bonchev–Trinajstić information content (AvgIpc) is 2.25. The molecular weight excluding hydrogens is 433 g/mol. The van der Waals surface area contributed by atoms with E-state index in [1.54, 1.807) is 6.07 Å². The van der Waals surface area contributed by atoms with E-state index in [9.17, 15) is 4.39 Å². The van der Waals surface area contributed by atoms with Crippen LogP contribution in [0.3, 0.4) is 0 Å². The molecule has 0 heterocycles. The van der Waals surface area contributed by atoms with Crippen LogP contribution in [0.1, 0.15) is 0 Å². The number of hydrogen-bond donors (Lipinski definition) is 2. The second kappa shape index (κ2) is 5.63. The maximum Gasteiger partial charge on any atom is 0.125 e. The van der Waals surface area contributed by atoms with Crippen molar-refractivity contribution in [1.29, 1.82) is 0 Å². The number of nitrogens with one attached hydrogen (secondary N) is 1. The smallest absolute Gasteiger partial charge is 0.125 e. The zero-order valence-electron chi connectivity index (χ0n) is 8.98. The molecule has 2 rings (SSSR count). The first kappa shape index (κ1) is 13.9. The van der Waals surface area contributed by atoms with E-state index in [0.29, 0.717) is 20.9 Å². The van der Waals surface area contributed by atoms with Gasteiger partial charge in [0.25, 0.3) is 0 Å². The van der Waals surface area contributed by atoms with Crippen molar-refractivity contribution in [2.75, 3.05) is 11.1 Å². The molecule has 0 fully saturated rings. The first-order chi connectivity index (χ1) is 8.47. The summed E-state index contributed by atoms with van der Waals surface area (Å²) in [5.74, 6) is -0.385. The SMILES string of the molecule is Nc1ccc(Nc2c(Cl)cc(F)cc2Br)c(I)c1. The van der Waals surface area contributed by atoms with Crippen LogP contribution in [0.5, 0.6) is 0 Å². The van der Waals surface area contributed by atoms with E-state index in [2.05, 4.69) is 43.8 Å². The van der Waals surface area contributed by atoms with E-state index in [1.807, 2.05) is 12.1 Å². The minimum absolute atomic E-state index is 0.314. The Hall–Kier alpha value is -0.530. The molecule has 0 amide bonds. The van der Waals surface area contributed by atoms with Gasteiger partial charge in [0.2, 0.25) is 0 Å². The highest BCUT2D eigenvalue weighted by Crippen LogP contribution is 2.35. The van der Waals surface area contributed by atoms with E-state index in [-0.39, 0.29) is 5.82 Å². The lowest BCUT2D eigenvalue weighted by Gasteiger charge is -2.12. The molecule has 0 radical (unpaired) electrons. The van der Waals surface area contributed by atoms with Crippen molar-refractivity contribution in [3.63, 3.8) is 0 Å². The Balaban J connectivity index is 2.40. The normalized spacial score (nSPS) is 10.4. The lowest BCUT2D eigenvalue weighted by atomic mass is 10.2. The fraction of sp³-hybridized carbons (Fsp3) is 0. The topological polar surface area (TPSA) is 38.0 Å². The van der Waals surface area contributed by atoms with Gasteiger partial charge in [0.05, 0.1) is 16.4 Å². The number of nitrogen functional groups attached to an aromatic ring is 1. The Morgan fingerprint density at radius 2 is 2.00 bits per heavy atom. The number of nitrogens with two attached hydrogens (primary N) is 1. The van der Waals surface area contributed by atoms with Crippen LogP contribution >= 0.6 is 50.1 Å². The van der Waals surface area contributed by atoms with Crippen LogP contribution in [0.15, 0.2) is 34.8 Å². The van der Waals surface area contributed by atoms with Crippen molar-refractivity contribution in [3.8, 4) is 0 Å². The summed E-state index contributed by atoms with van der Waals surface area (Å²) in [5, 5.41) is 3.47. The molecule has 0 aliphatic carbocycles. The highest BCUT2D eigenvalue weighted by Gasteiger charge is 2.10. The summed E-state index contributed by atoms with van der Waals surface area (Å²) in [6.45, 7) is 0. The fourth-order valence-corrected chi connectivity index (χ4v) is 3.00. The van der Waals surface area contributed by atoms with Gasteiger partial charge in [-0.05, 0) is 68.9 Å². The van der Waals surface area contributed by atoms with E-state index in [0.717, 1.165) is 9.26 Å². The summed E-state index contributed by atoms with van der Waals surface area (Å²) in [5.41, 5.74) is 7.86. The summed E-state index contributed by atoms with van der Waals surface area (Å²) < 4.78 is 14.6. The van der Waals surface area contributed by atoms with Crippen LogP contribution in [-0.2, 0) is 0 Å². The summed E-state index contributed by atoms with van der Waals surface area (Å²) >= 11 is 11.5. The van der Waals surface area contributed by atoms with Gasteiger partial charge in [-0.15, -0.1) is 0 Å². The molecule has 0 spiro atoms. The first-order valence-electron chi connectivity index (χ1n) is 4.94. The van der Waals surface area contributed by atoms with Crippen LogP contribution in [0.25, 0.3) is 0 Å². The predicted octanol–water partition coefficient (Wildman–Crippen LogP) is 5.17. The van der Waals surface area contributed by atoms with Crippen molar-refractivity contribution in [3.05, 3.63) is 49.2 Å². The lowest BCUT2D eigenvalue weighted by molar-refractivity contribution is 0.627. The van der Waals surface area contributed by atoms with Gasteiger partial charge in [-0.25, -0.2) is 4.39 Å². The van der Waals surface area contributed by atoms with Crippen molar-refractivity contribution in [1.82, 2.24) is 0 Å². The molecule has 0 unspecified atom stereocenters. The minimum atomic E-state index is -0.385. The minimum Gasteiger partial charge on any atom is -0.399 e. The lowest BCUT2D eigenvalue weighted by Crippen LogP contribution is -1.97. The summed E-state index contributed by atoms with van der Waals surface area (Å²) in [7, 11) is 0. The third-order valence-corrected chi connectivity index (χ3v) is 4.08. The summed E-state index contributed by atoms with van der Waals surface area (Å²) in [4.78, 5) is 0. The third-order valence-electron chi connectivity index (χ3n) is 2.26. The molecule has 0 bridgehead atoms. The molecule has 2 nitrogen and oxygen atoms in total. The van der Waals surface area contributed by atoms with Crippen molar-refractivity contribution in [2.45, 2.75) is 0 Å².